The summed E-state index contributed by atoms with van der Waals surface area (Å²) in [6.45, 7) is 3.29. The molecule has 2 heterocycles. The van der Waals surface area contributed by atoms with Crippen molar-refractivity contribution in [3.63, 3.8) is 0 Å². The van der Waals surface area contributed by atoms with Gasteiger partial charge >= 0.3 is 0 Å². The van der Waals surface area contributed by atoms with Gasteiger partial charge in [-0.3, -0.25) is 9.59 Å². The molecule has 8 heteroatoms. The predicted octanol–water partition coefficient (Wildman–Crippen LogP) is 2.18. The molecule has 1 aliphatic heterocycles. The van der Waals surface area contributed by atoms with Crippen LogP contribution in [-0.4, -0.2) is 65.3 Å². The van der Waals surface area contributed by atoms with E-state index in [1.165, 1.54) is 4.68 Å². The third-order valence-electron chi connectivity index (χ3n) is 5.30. The Labute approximate surface area is 181 Å². The van der Waals surface area contributed by atoms with Crippen LogP contribution >= 0.6 is 12.4 Å². The molecule has 158 valence electrons. The van der Waals surface area contributed by atoms with Gasteiger partial charge in [-0.2, -0.15) is 5.10 Å². The summed E-state index contributed by atoms with van der Waals surface area (Å²) in [4.78, 5) is 28.7. The molecule has 7 nitrogen and oxygen atoms in total. The second-order valence-corrected chi connectivity index (χ2v) is 7.32. The van der Waals surface area contributed by atoms with Gasteiger partial charge in [0.05, 0.1) is 11.1 Å². The summed E-state index contributed by atoms with van der Waals surface area (Å²) in [7, 11) is 3.71. The zero-order valence-corrected chi connectivity index (χ0v) is 17.9. The molecule has 0 unspecified atom stereocenters. The van der Waals surface area contributed by atoms with E-state index in [2.05, 4.69) is 17.0 Å². The first kappa shape index (κ1) is 21.8. The first-order valence-electron chi connectivity index (χ1n) is 9.68. The van der Waals surface area contributed by atoms with Crippen LogP contribution in [0.1, 0.15) is 0 Å². The smallest absolute Gasteiger partial charge is 0.274 e. The van der Waals surface area contributed by atoms with E-state index in [-0.39, 0.29) is 30.5 Å². The van der Waals surface area contributed by atoms with Crippen molar-refractivity contribution >= 4 is 29.1 Å². The minimum atomic E-state index is -0.119. The number of ether oxygens (including phenoxy) is 1. The van der Waals surface area contributed by atoms with Gasteiger partial charge in [0.2, 0.25) is 0 Å². The number of amides is 1. The topological polar surface area (TPSA) is 67.7 Å². The maximum absolute atomic E-state index is 12.3. The van der Waals surface area contributed by atoms with Gasteiger partial charge in [0.1, 0.15) is 5.75 Å². The summed E-state index contributed by atoms with van der Waals surface area (Å²) >= 11 is 0. The number of carbonyl (C=O) groups is 1. The minimum Gasteiger partial charge on any atom is -0.484 e. The number of rotatable bonds is 4. The standard InChI is InChI=1S/C22H24N4O3.ClH/c1-24-11-13-26(14-12-24)20(27)15-29-17-9-7-16(8-10-17)21-18-5-3-4-6-19(18)22(28)25(2)23-21;/h3-10H,11-15H2,1-2H3;1H. The van der Waals surface area contributed by atoms with E-state index in [0.717, 1.165) is 42.8 Å². The average molecular weight is 429 g/mol. The van der Waals surface area contributed by atoms with Crippen LogP contribution in [0, 0.1) is 0 Å². The Balaban J connectivity index is 0.00000256. The Morgan fingerprint density at radius 1 is 0.967 bits per heavy atom. The van der Waals surface area contributed by atoms with Crippen molar-refractivity contribution in [3.05, 3.63) is 58.9 Å². The molecule has 1 amide bonds. The third kappa shape index (κ3) is 4.47. The highest BCUT2D eigenvalue weighted by Crippen LogP contribution is 2.26. The van der Waals surface area contributed by atoms with Crippen LogP contribution in [0.4, 0.5) is 0 Å². The molecule has 0 bridgehead atoms. The molecule has 3 aromatic rings. The molecule has 1 fully saturated rings. The van der Waals surface area contributed by atoms with Crippen molar-refractivity contribution in [2.24, 2.45) is 7.05 Å². The van der Waals surface area contributed by atoms with E-state index in [9.17, 15) is 9.59 Å². The van der Waals surface area contributed by atoms with Crippen LogP contribution in [0.5, 0.6) is 5.75 Å². The van der Waals surface area contributed by atoms with Crippen LogP contribution in [0.25, 0.3) is 22.0 Å². The number of hydrogen-bond acceptors (Lipinski definition) is 5. The van der Waals surface area contributed by atoms with Crippen LogP contribution < -0.4 is 10.3 Å². The molecule has 1 aliphatic rings. The molecule has 2 aromatic carbocycles. The third-order valence-corrected chi connectivity index (χ3v) is 5.30. The monoisotopic (exact) mass is 428 g/mol. The lowest BCUT2D eigenvalue weighted by Gasteiger charge is -2.32. The molecule has 0 radical (unpaired) electrons. The van der Waals surface area contributed by atoms with Crippen molar-refractivity contribution in [3.8, 4) is 17.0 Å². The minimum absolute atomic E-state index is 0. The summed E-state index contributed by atoms with van der Waals surface area (Å²) in [6, 6.07) is 14.9. The van der Waals surface area contributed by atoms with Crippen LogP contribution in [0.15, 0.2) is 53.3 Å². The van der Waals surface area contributed by atoms with Gasteiger partial charge in [0.25, 0.3) is 11.5 Å². The van der Waals surface area contributed by atoms with E-state index in [0.29, 0.717) is 11.1 Å². The van der Waals surface area contributed by atoms with Gasteiger partial charge in [0, 0.05) is 44.2 Å². The summed E-state index contributed by atoms with van der Waals surface area (Å²) in [5, 5.41) is 5.89. The molecule has 0 N–H and O–H groups in total. The molecular weight excluding hydrogens is 404 g/mol. The predicted molar refractivity (Wildman–Crippen MR) is 119 cm³/mol. The second kappa shape index (κ2) is 9.28. The maximum atomic E-state index is 12.3. The molecule has 1 saturated heterocycles. The number of likely N-dealkylation sites (N-methyl/N-ethyl adjacent to an activating group) is 1. The van der Waals surface area contributed by atoms with E-state index in [1.54, 1.807) is 7.05 Å². The van der Waals surface area contributed by atoms with Gasteiger partial charge in [-0.25, -0.2) is 4.68 Å². The van der Waals surface area contributed by atoms with E-state index < -0.39 is 0 Å². The van der Waals surface area contributed by atoms with E-state index in [4.69, 9.17) is 4.74 Å². The van der Waals surface area contributed by atoms with Gasteiger partial charge in [-0.05, 0) is 37.4 Å². The molecule has 1 aromatic heterocycles. The van der Waals surface area contributed by atoms with Gasteiger partial charge in [0.15, 0.2) is 6.61 Å². The summed E-state index contributed by atoms with van der Waals surface area (Å²) in [5.41, 5.74) is 1.50. The number of carbonyl (C=O) groups excluding carboxylic acids is 1. The largest absolute Gasteiger partial charge is 0.484 e. The van der Waals surface area contributed by atoms with Crippen LogP contribution in [-0.2, 0) is 11.8 Å². The Kier molecular flexibility index (Phi) is 6.74. The van der Waals surface area contributed by atoms with Crippen LogP contribution in [0.3, 0.4) is 0 Å². The number of benzene rings is 2. The Bertz CT molecular complexity index is 1090. The van der Waals surface area contributed by atoms with Crippen molar-refractivity contribution < 1.29 is 9.53 Å². The van der Waals surface area contributed by atoms with E-state index in [1.807, 2.05) is 53.4 Å². The summed E-state index contributed by atoms with van der Waals surface area (Å²) in [5.74, 6) is 0.637. The Morgan fingerprint density at radius 3 is 2.27 bits per heavy atom. The molecule has 4 rings (SSSR count). The SMILES string of the molecule is CN1CCN(C(=O)COc2ccc(-c3nn(C)c(=O)c4ccccc34)cc2)CC1.Cl. The highest BCUT2D eigenvalue weighted by molar-refractivity contribution is 5.93. The molecule has 30 heavy (non-hydrogen) atoms. The number of nitrogens with zero attached hydrogens (tertiary/aromatic N) is 4. The second-order valence-electron chi connectivity index (χ2n) is 7.32. The van der Waals surface area contributed by atoms with Crippen LogP contribution in [0.2, 0.25) is 0 Å². The fourth-order valence-electron chi connectivity index (χ4n) is 3.51. The number of halogens is 1. The quantitative estimate of drug-likeness (QED) is 0.637. The van der Waals surface area contributed by atoms with Crippen molar-refractivity contribution in [2.75, 3.05) is 39.8 Å². The van der Waals surface area contributed by atoms with Gasteiger partial charge < -0.3 is 14.5 Å². The van der Waals surface area contributed by atoms with Gasteiger partial charge in [-0.15, -0.1) is 12.4 Å². The summed E-state index contributed by atoms with van der Waals surface area (Å²) in [6.07, 6.45) is 0. The molecule has 0 saturated carbocycles. The summed E-state index contributed by atoms with van der Waals surface area (Å²) < 4.78 is 7.05. The molecular formula is C22H25ClN4O3. The molecule has 0 atom stereocenters. The fourth-order valence-corrected chi connectivity index (χ4v) is 3.51. The lowest BCUT2D eigenvalue weighted by molar-refractivity contribution is -0.134. The van der Waals surface area contributed by atoms with Crippen molar-refractivity contribution in [1.82, 2.24) is 19.6 Å². The number of piperazine rings is 1. The first-order chi connectivity index (χ1) is 14.0. The fraction of sp³-hybridized carbons (Fsp3) is 0.318. The van der Waals surface area contributed by atoms with Crippen molar-refractivity contribution in [2.45, 2.75) is 0 Å². The molecule has 0 aliphatic carbocycles. The number of aromatic nitrogens is 2. The highest BCUT2D eigenvalue weighted by atomic mass is 35.5. The van der Waals surface area contributed by atoms with Crippen molar-refractivity contribution in [1.29, 1.82) is 0 Å². The number of fused-ring (bicyclic) bond motifs is 1. The number of aryl methyl sites for hydroxylation is 1. The number of hydrogen-bond donors (Lipinski definition) is 0. The molecule has 0 spiro atoms. The normalized spacial score (nSPS) is 14.4. The zero-order valence-electron chi connectivity index (χ0n) is 17.1. The lowest BCUT2D eigenvalue weighted by Crippen LogP contribution is -2.48. The van der Waals surface area contributed by atoms with Gasteiger partial charge in [-0.1, -0.05) is 18.2 Å². The highest BCUT2D eigenvalue weighted by Gasteiger charge is 2.19. The Hall–Kier alpha value is -2.90. The Morgan fingerprint density at radius 2 is 1.60 bits per heavy atom. The first-order valence-corrected chi connectivity index (χ1v) is 9.68. The maximum Gasteiger partial charge on any atom is 0.274 e. The van der Waals surface area contributed by atoms with E-state index >= 15 is 0 Å². The lowest BCUT2D eigenvalue weighted by atomic mass is 10.1. The zero-order chi connectivity index (χ0) is 20.4. The average Bonchev–Trinajstić information content (AvgIpc) is 2.75.